The molecule has 0 amide bonds. The molecule has 1 aliphatic rings. The van der Waals surface area contributed by atoms with Gasteiger partial charge in [0, 0.05) is 18.8 Å². The second-order valence-corrected chi connectivity index (χ2v) is 5.49. The average Bonchev–Trinajstić information content (AvgIpc) is 2.58. The minimum absolute atomic E-state index is 0.430. The van der Waals surface area contributed by atoms with Gasteiger partial charge in [0.15, 0.2) is 0 Å². The van der Waals surface area contributed by atoms with Crippen molar-refractivity contribution in [3.05, 3.63) is 23.4 Å². The van der Waals surface area contributed by atoms with E-state index in [1.54, 1.807) is 0 Å². The smallest absolute Gasteiger partial charge is 0.139 e. The lowest BCUT2D eigenvalue weighted by Gasteiger charge is -2.20. The Morgan fingerprint density at radius 1 is 1.35 bits per heavy atom. The molecule has 1 fully saturated rings. The fourth-order valence-electron chi connectivity index (χ4n) is 2.28. The predicted molar refractivity (Wildman–Crippen MR) is 75.4 cm³/mol. The minimum atomic E-state index is 0.430. The van der Waals surface area contributed by atoms with Crippen molar-refractivity contribution < 1.29 is 0 Å². The van der Waals surface area contributed by atoms with Crippen molar-refractivity contribution in [2.45, 2.75) is 20.8 Å². The molecule has 2 rings (SSSR count). The number of aromatic nitrogens is 1. The van der Waals surface area contributed by atoms with E-state index < -0.39 is 0 Å². The van der Waals surface area contributed by atoms with Gasteiger partial charge < -0.3 is 10.6 Å². The van der Waals surface area contributed by atoms with Crippen LogP contribution in [0.3, 0.4) is 0 Å². The Kier molecular flexibility index (Phi) is 3.33. The molecule has 4 heteroatoms. The molecular formula is C13H19N3S. The van der Waals surface area contributed by atoms with E-state index in [-0.39, 0.29) is 0 Å². The normalized spacial score (nSPS) is 24.1. The highest BCUT2D eigenvalue weighted by atomic mass is 32.1. The van der Waals surface area contributed by atoms with Crippen LogP contribution >= 0.6 is 12.2 Å². The Balaban J connectivity index is 2.37. The lowest BCUT2D eigenvalue weighted by atomic mass is 10.0. The summed E-state index contributed by atoms with van der Waals surface area (Å²) in [5.41, 5.74) is 7.67. The van der Waals surface area contributed by atoms with Crippen LogP contribution in [0.5, 0.6) is 0 Å². The third kappa shape index (κ3) is 2.41. The summed E-state index contributed by atoms with van der Waals surface area (Å²) in [7, 11) is 0. The van der Waals surface area contributed by atoms with Crippen molar-refractivity contribution in [3.63, 3.8) is 0 Å². The number of nitrogens with two attached hydrogens (primary N) is 1. The first-order valence-electron chi connectivity index (χ1n) is 6.01. The van der Waals surface area contributed by atoms with Crippen LogP contribution in [0, 0.1) is 18.8 Å². The first-order valence-corrected chi connectivity index (χ1v) is 6.42. The maximum absolute atomic E-state index is 5.77. The van der Waals surface area contributed by atoms with Gasteiger partial charge in [0.1, 0.15) is 10.8 Å². The van der Waals surface area contributed by atoms with E-state index in [2.05, 4.69) is 23.7 Å². The number of nitrogens with zero attached hydrogens (tertiary/aromatic N) is 2. The van der Waals surface area contributed by atoms with Crippen LogP contribution in [0.4, 0.5) is 5.82 Å². The fourth-order valence-corrected chi connectivity index (χ4v) is 2.44. The molecule has 92 valence electrons. The van der Waals surface area contributed by atoms with E-state index >= 15 is 0 Å². The standard InChI is InChI=1S/C13H19N3S/c1-8-6-16(7-9(8)2)13-11(12(14)17)5-4-10(3)15-13/h4-5,8-9H,6-7H2,1-3H3,(H2,14,17). The molecule has 0 radical (unpaired) electrons. The van der Waals surface area contributed by atoms with Gasteiger partial charge in [-0.3, -0.25) is 0 Å². The van der Waals surface area contributed by atoms with E-state index in [1.165, 1.54) is 0 Å². The quantitative estimate of drug-likeness (QED) is 0.815. The zero-order chi connectivity index (χ0) is 12.6. The van der Waals surface area contributed by atoms with E-state index in [1.807, 2.05) is 19.1 Å². The largest absolute Gasteiger partial charge is 0.389 e. The maximum Gasteiger partial charge on any atom is 0.139 e. The summed E-state index contributed by atoms with van der Waals surface area (Å²) >= 11 is 5.10. The molecule has 0 aliphatic carbocycles. The number of aryl methyl sites for hydroxylation is 1. The second-order valence-electron chi connectivity index (χ2n) is 5.05. The van der Waals surface area contributed by atoms with Gasteiger partial charge in [0.25, 0.3) is 0 Å². The van der Waals surface area contributed by atoms with Crippen LogP contribution in [0.15, 0.2) is 12.1 Å². The predicted octanol–water partition coefficient (Wildman–Crippen LogP) is 2.12. The molecule has 17 heavy (non-hydrogen) atoms. The second kappa shape index (κ2) is 4.61. The molecule has 1 saturated heterocycles. The van der Waals surface area contributed by atoms with E-state index in [0.717, 1.165) is 30.2 Å². The molecular weight excluding hydrogens is 230 g/mol. The molecule has 2 N–H and O–H groups in total. The first kappa shape index (κ1) is 12.3. The third-order valence-corrected chi connectivity index (χ3v) is 3.79. The van der Waals surface area contributed by atoms with Crippen LogP contribution in [0.25, 0.3) is 0 Å². The Hall–Kier alpha value is -1.16. The van der Waals surface area contributed by atoms with E-state index in [4.69, 9.17) is 18.0 Å². The summed E-state index contributed by atoms with van der Waals surface area (Å²) in [6.45, 7) is 8.62. The van der Waals surface area contributed by atoms with Gasteiger partial charge >= 0.3 is 0 Å². The molecule has 3 nitrogen and oxygen atoms in total. The topological polar surface area (TPSA) is 42.1 Å². The Labute approximate surface area is 108 Å². The molecule has 2 heterocycles. The summed E-state index contributed by atoms with van der Waals surface area (Å²) < 4.78 is 0. The van der Waals surface area contributed by atoms with Gasteiger partial charge in [-0.1, -0.05) is 26.1 Å². The maximum atomic E-state index is 5.77. The van der Waals surface area contributed by atoms with Crippen LogP contribution < -0.4 is 10.6 Å². The number of rotatable bonds is 2. The highest BCUT2D eigenvalue weighted by Gasteiger charge is 2.28. The zero-order valence-electron chi connectivity index (χ0n) is 10.6. The summed E-state index contributed by atoms with van der Waals surface area (Å²) in [6, 6.07) is 3.94. The van der Waals surface area contributed by atoms with Crippen molar-refractivity contribution in [2.24, 2.45) is 17.6 Å². The van der Waals surface area contributed by atoms with E-state index in [9.17, 15) is 0 Å². The summed E-state index contributed by atoms with van der Waals surface area (Å²) in [4.78, 5) is 7.34. The summed E-state index contributed by atoms with van der Waals surface area (Å²) in [5, 5.41) is 0. The summed E-state index contributed by atoms with van der Waals surface area (Å²) in [6.07, 6.45) is 0. The third-order valence-electron chi connectivity index (χ3n) is 3.57. The van der Waals surface area contributed by atoms with Gasteiger partial charge in [-0.05, 0) is 30.9 Å². The van der Waals surface area contributed by atoms with Crippen molar-refractivity contribution in [1.29, 1.82) is 0 Å². The van der Waals surface area contributed by atoms with Crippen LogP contribution in [-0.4, -0.2) is 23.1 Å². The molecule has 1 aliphatic heterocycles. The number of hydrogen-bond acceptors (Lipinski definition) is 3. The van der Waals surface area contributed by atoms with Crippen LogP contribution in [0.2, 0.25) is 0 Å². The highest BCUT2D eigenvalue weighted by Crippen LogP contribution is 2.28. The molecule has 2 atom stereocenters. The first-order chi connectivity index (χ1) is 7.99. The highest BCUT2D eigenvalue weighted by molar-refractivity contribution is 7.80. The van der Waals surface area contributed by atoms with Gasteiger partial charge in [0.05, 0.1) is 5.56 Å². The lowest BCUT2D eigenvalue weighted by Crippen LogP contribution is -2.25. The van der Waals surface area contributed by atoms with Crippen molar-refractivity contribution in [1.82, 2.24) is 4.98 Å². The number of anilines is 1. The molecule has 0 aromatic carbocycles. The zero-order valence-corrected chi connectivity index (χ0v) is 11.4. The minimum Gasteiger partial charge on any atom is -0.389 e. The number of hydrogen-bond donors (Lipinski definition) is 1. The number of pyridine rings is 1. The van der Waals surface area contributed by atoms with Crippen molar-refractivity contribution in [3.8, 4) is 0 Å². The van der Waals surface area contributed by atoms with Crippen LogP contribution in [-0.2, 0) is 0 Å². The average molecular weight is 249 g/mol. The van der Waals surface area contributed by atoms with Crippen molar-refractivity contribution in [2.75, 3.05) is 18.0 Å². The molecule has 1 aromatic heterocycles. The molecule has 0 saturated carbocycles. The van der Waals surface area contributed by atoms with Gasteiger partial charge in [0.2, 0.25) is 0 Å². The fraction of sp³-hybridized carbons (Fsp3) is 0.538. The van der Waals surface area contributed by atoms with Gasteiger partial charge in [-0.15, -0.1) is 0 Å². The molecule has 0 bridgehead atoms. The Bertz CT molecular complexity index is 434. The molecule has 1 aromatic rings. The van der Waals surface area contributed by atoms with Gasteiger partial charge in [-0.2, -0.15) is 0 Å². The molecule has 2 unspecified atom stereocenters. The lowest BCUT2D eigenvalue weighted by molar-refractivity contribution is 0.494. The van der Waals surface area contributed by atoms with Crippen LogP contribution in [0.1, 0.15) is 25.1 Å². The SMILES string of the molecule is Cc1ccc(C(N)=S)c(N2CC(C)C(C)C2)n1. The Morgan fingerprint density at radius 3 is 2.47 bits per heavy atom. The van der Waals surface area contributed by atoms with Gasteiger partial charge in [-0.25, -0.2) is 4.98 Å². The van der Waals surface area contributed by atoms with E-state index in [0.29, 0.717) is 16.8 Å². The Morgan fingerprint density at radius 2 is 1.94 bits per heavy atom. The van der Waals surface area contributed by atoms with Crippen molar-refractivity contribution >= 4 is 23.0 Å². The number of thiocarbonyl (C=S) groups is 1. The monoisotopic (exact) mass is 249 g/mol. The molecule has 0 spiro atoms. The summed E-state index contributed by atoms with van der Waals surface area (Å²) in [5.74, 6) is 2.33.